The second-order valence-electron chi connectivity index (χ2n) is 4.75. The first-order chi connectivity index (χ1) is 10.4. The molecule has 0 unspecified atom stereocenters. The van der Waals surface area contributed by atoms with E-state index >= 15 is 0 Å². The minimum Gasteiger partial charge on any atom is -0.508 e. The lowest BCUT2D eigenvalue weighted by Crippen LogP contribution is -2.04. The molecule has 0 saturated carbocycles. The Morgan fingerprint density at radius 2 is 1.73 bits per heavy atom. The molecule has 0 aliphatic rings. The van der Waals surface area contributed by atoms with Crippen LogP contribution in [-0.4, -0.2) is 5.11 Å². The summed E-state index contributed by atoms with van der Waals surface area (Å²) in [5, 5.41) is 10.2. The predicted molar refractivity (Wildman–Crippen MR) is 73.7 cm³/mol. The lowest BCUT2D eigenvalue weighted by atomic mass is 10.2. The number of aromatic hydroxyl groups is 1. The number of furan rings is 1. The van der Waals surface area contributed by atoms with Crippen molar-refractivity contribution in [2.75, 3.05) is 0 Å². The van der Waals surface area contributed by atoms with Gasteiger partial charge in [-0.2, -0.15) is 13.2 Å². The molecule has 0 atom stereocenters. The summed E-state index contributed by atoms with van der Waals surface area (Å²) in [5.74, 6) is 0.925. The lowest BCUT2D eigenvalue weighted by Gasteiger charge is -2.08. The van der Waals surface area contributed by atoms with Gasteiger partial charge in [-0.1, -0.05) is 0 Å². The first kappa shape index (κ1) is 14.3. The molecule has 0 radical (unpaired) electrons. The highest BCUT2D eigenvalue weighted by molar-refractivity contribution is 5.79. The van der Waals surface area contributed by atoms with Gasteiger partial charge in [-0.3, -0.25) is 0 Å². The molecule has 2 aromatic carbocycles. The van der Waals surface area contributed by atoms with Crippen LogP contribution in [0, 0.1) is 0 Å². The Kier molecular flexibility index (Phi) is 3.44. The Bertz CT molecular complexity index is 788. The highest BCUT2D eigenvalue weighted by Gasteiger charge is 2.30. The minimum absolute atomic E-state index is 0.0841. The van der Waals surface area contributed by atoms with Gasteiger partial charge in [-0.25, -0.2) is 0 Å². The highest BCUT2D eigenvalue weighted by Crippen LogP contribution is 2.30. The molecule has 6 heteroatoms. The Morgan fingerprint density at radius 3 is 2.41 bits per heavy atom. The van der Waals surface area contributed by atoms with Crippen LogP contribution in [0.1, 0.15) is 11.3 Å². The molecule has 3 nitrogen and oxygen atoms in total. The summed E-state index contributed by atoms with van der Waals surface area (Å²) in [4.78, 5) is 0. The van der Waals surface area contributed by atoms with E-state index in [4.69, 9.17) is 9.15 Å². The van der Waals surface area contributed by atoms with Crippen LogP contribution in [0.5, 0.6) is 11.5 Å². The quantitative estimate of drug-likeness (QED) is 0.760. The van der Waals surface area contributed by atoms with E-state index in [-0.39, 0.29) is 12.4 Å². The fourth-order valence-electron chi connectivity index (χ4n) is 2.04. The normalized spacial score (nSPS) is 11.8. The molecule has 0 aliphatic heterocycles. The number of halogens is 3. The summed E-state index contributed by atoms with van der Waals surface area (Å²) in [6.45, 7) is 0.0841. The first-order valence-corrected chi connectivity index (χ1v) is 6.43. The molecule has 0 fully saturated rings. The number of phenolic OH excluding ortho intramolecular Hbond substituents is 1. The third kappa shape index (κ3) is 3.00. The number of hydrogen-bond acceptors (Lipinski definition) is 3. The highest BCUT2D eigenvalue weighted by atomic mass is 19.4. The molecule has 1 heterocycles. The molecule has 3 rings (SSSR count). The van der Waals surface area contributed by atoms with Crippen molar-refractivity contribution < 1.29 is 27.4 Å². The molecule has 0 aliphatic carbocycles. The summed E-state index contributed by atoms with van der Waals surface area (Å²) in [6.07, 6.45) is -4.36. The maximum absolute atomic E-state index is 12.4. The zero-order chi connectivity index (χ0) is 15.7. The van der Waals surface area contributed by atoms with Crippen LogP contribution >= 0.6 is 0 Å². The van der Waals surface area contributed by atoms with Crippen molar-refractivity contribution in [1.82, 2.24) is 0 Å². The Labute approximate surface area is 123 Å². The third-order valence-electron chi connectivity index (χ3n) is 3.12. The van der Waals surface area contributed by atoms with Crippen molar-refractivity contribution in [2.45, 2.75) is 12.8 Å². The van der Waals surface area contributed by atoms with Gasteiger partial charge in [0.05, 0.1) is 5.56 Å². The largest absolute Gasteiger partial charge is 0.508 e. The number of alkyl halides is 3. The average molecular weight is 308 g/mol. The Balaban J connectivity index is 1.71. The fourth-order valence-corrected chi connectivity index (χ4v) is 2.04. The van der Waals surface area contributed by atoms with Crippen LogP contribution < -0.4 is 4.74 Å². The smallest absolute Gasteiger partial charge is 0.416 e. The molecular formula is C16H11F3O3. The van der Waals surface area contributed by atoms with Gasteiger partial charge < -0.3 is 14.3 Å². The summed E-state index contributed by atoms with van der Waals surface area (Å²) in [7, 11) is 0. The maximum Gasteiger partial charge on any atom is 0.416 e. The van der Waals surface area contributed by atoms with Crippen LogP contribution in [-0.2, 0) is 12.8 Å². The number of phenols is 1. The number of ether oxygens (including phenoxy) is 1. The molecule has 0 spiro atoms. The van der Waals surface area contributed by atoms with Crippen molar-refractivity contribution in [3.05, 3.63) is 59.9 Å². The van der Waals surface area contributed by atoms with Crippen LogP contribution in [0.4, 0.5) is 13.2 Å². The van der Waals surface area contributed by atoms with E-state index in [1.807, 2.05) is 0 Å². The van der Waals surface area contributed by atoms with Gasteiger partial charge in [0.25, 0.3) is 0 Å². The van der Waals surface area contributed by atoms with Crippen molar-refractivity contribution >= 4 is 11.0 Å². The zero-order valence-corrected chi connectivity index (χ0v) is 11.2. The molecular weight excluding hydrogens is 297 g/mol. The van der Waals surface area contributed by atoms with Crippen LogP contribution in [0.25, 0.3) is 11.0 Å². The average Bonchev–Trinajstić information content (AvgIpc) is 2.86. The second-order valence-corrected chi connectivity index (χ2v) is 4.75. The van der Waals surface area contributed by atoms with E-state index in [0.717, 1.165) is 17.5 Å². The van der Waals surface area contributed by atoms with Crippen LogP contribution in [0.2, 0.25) is 0 Å². The maximum atomic E-state index is 12.4. The first-order valence-electron chi connectivity index (χ1n) is 6.43. The monoisotopic (exact) mass is 308 g/mol. The van der Waals surface area contributed by atoms with Gasteiger partial charge in [0.1, 0.15) is 29.4 Å². The molecule has 1 N–H and O–H groups in total. The minimum atomic E-state index is -4.36. The predicted octanol–water partition coefficient (Wildman–Crippen LogP) is 4.74. The SMILES string of the molecule is Oc1ccc2cc(COc3ccc(C(F)(F)F)cc3)oc2c1. The fraction of sp³-hybridized carbons (Fsp3) is 0.125. The Hall–Kier alpha value is -2.63. The van der Waals surface area contributed by atoms with Gasteiger partial charge in [-0.05, 0) is 42.5 Å². The molecule has 114 valence electrons. The summed E-state index contributed by atoms with van der Waals surface area (Å²) in [5.41, 5.74) is -0.204. The standard InChI is InChI=1S/C16H11F3O3/c17-16(18,19)11-2-5-13(6-3-11)21-9-14-7-10-1-4-12(20)8-15(10)22-14/h1-8,20H,9H2. The molecule has 0 saturated heterocycles. The number of rotatable bonds is 3. The van der Waals surface area contributed by atoms with Gasteiger partial charge in [0.2, 0.25) is 0 Å². The molecule has 22 heavy (non-hydrogen) atoms. The molecule has 1 aromatic heterocycles. The van der Waals surface area contributed by atoms with Gasteiger partial charge in [-0.15, -0.1) is 0 Å². The van der Waals surface area contributed by atoms with E-state index in [2.05, 4.69) is 0 Å². The van der Waals surface area contributed by atoms with Gasteiger partial charge >= 0.3 is 6.18 Å². The topological polar surface area (TPSA) is 42.6 Å². The molecule has 0 bridgehead atoms. The van der Waals surface area contributed by atoms with Gasteiger partial charge in [0.15, 0.2) is 0 Å². The summed E-state index contributed by atoms with van der Waals surface area (Å²) in [6, 6.07) is 10.9. The van der Waals surface area contributed by atoms with Crippen molar-refractivity contribution in [2.24, 2.45) is 0 Å². The second kappa shape index (κ2) is 5.29. The number of hydrogen-bond donors (Lipinski definition) is 1. The van der Waals surface area contributed by atoms with Crippen molar-refractivity contribution in [3.63, 3.8) is 0 Å². The molecule has 0 amide bonds. The van der Waals surface area contributed by atoms with Crippen LogP contribution in [0.15, 0.2) is 52.9 Å². The van der Waals surface area contributed by atoms with E-state index in [9.17, 15) is 18.3 Å². The van der Waals surface area contributed by atoms with E-state index in [1.165, 1.54) is 18.2 Å². The van der Waals surface area contributed by atoms with Crippen LogP contribution in [0.3, 0.4) is 0 Å². The summed E-state index contributed by atoms with van der Waals surface area (Å²) >= 11 is 0. The third-order valence-corrected chi connectivity index (χ3v) is 3.12. The molecule has 3 aromatic rings. The number of fused-ring (bicyclic) bond motifs is 1. The van der Waals surface area contributed by atoms with E-state index < -0.39 is 11.7 Å². The lowest BCUT2D eigenvalue weighted by molar-refractivity contribution is -0.137. The van der Waals surface area contributed by atoms with E-state index in [1.54, 1.807) is 18.2 Å². The van der Waals surface area contributed by atoms with Crippen molar-refractivity contribution in [1.29, 1.82) is 0 Å². The zero-order valence-electron chi connectivity index (χ0n) is 11.2. The Morgan fingerprint density at radius 1 is 1.00 bits per heavy atom. The van der Waals surface area contributed by atoms with Gasteiger partial charge in [0, 0.05) is 11.5 Å². The van der Waals surface area contributed by atoms with Crippen molar-refractivity contribution in [3.8, 4) is 11.5 Å². The van der Waals surface area contributed by atoms with E-state index in [0.29, 0.717) is 17.1 Å². The summed E-state index contributed by atoms with van der Waals surface area (Å²) < 4.78 is 48.2. The number of benzene rings is 2.